The zero-order chi connectivity index (χ0) is 43.0. The first kappa shape index (κ1) is 89.0. The van der Waals surface area contributed by atoms with Gasteiger partial charge in [-0.3, -0.25) is 0 Å². The van der Waals surface area contributed by atoms with Crippen molar-refractivity contribution in [1.82, 2.24) is 0 Å². The molecule has 0 heterocycles. The van der Waals surface area contributed by atoms with Crippen LogP contribution in [0.2, 0.25) is 78.6 Å². The molecular weight excluding hydrogens is 977 g/mol. The first-order valence-electron chi connectivity index (χ1n) is 15.9. The van der Waals surface area contributed by atoms with Crippen LogP contribution in [0.1, 0.15) is 59.4 Å². The first-order valence-corrected chi connectivity index (χ1v) is 39.5. The molecule has 0 saturated carbocycles. The van der Waals surface area contributed by atoms with Crippen molar-refractivity contribution in [2.75, 3.05) is 71.1 Å². The molecule has 0 amide bonds. The highest BCUT2D eigenvalue weighted by Gasteiger charge is 2.61. The minimum absolute atomic E-state index is 0. The van der Waals surface area contributed by atoms with E-state index >= 15 is 0 Å². The fraction of sp³-hybridized carbons (Fsp3) is 1.00. The van der Waals surface area contributed by atoms with Crippen LogP contribution in [-0.4, -0.2) is 178 Å². The lowest BCUT2D eigenvalue weighted by Crippen LogP contribution is -2.65. The van der Waals surface area contributed by atoms with Crippen molar-refractivity contribution >= 4 is 87.6 Å². The van der Waals surface area contributed by atoms with E-state index in [0.717, 1.165) is 0 Å². The molecule has 0 radical (unpaired) electrons. The molecule has 0 aliphatic carbocycles. The molecule has 0 aliphatic heterocycles. The van der Waals surface area contributed by atoms with E-state index < -0.39 is 87.6 Å². The van der Waals surface area contributed by atoms with Gasteiger partial charge < -0.3 is 92.2 Å². The van der Waals surface area contributed by atoms with Gasteiger partial charge in [-0.2, -0.15) is 0 Å². The molecule has 0 fully saturated rings. The van der Waals surface area contributed by atoms with Crippen molar-refractivity contribution in [1.29, 1.82) is 0 Å². The Hall–Kier alpha value is 1.33. The third-order valence-corrected chi connectivity index (χ3v) is 33.2. The van der Waals surface area contributed by atoms with Gasteiger partial charge in [0, 0.05) is 71.1 Å². The Kier molecular flexibility index (Phi) is 53.1. The zero-order valence-electron chi connectivity index (χ0n) is 35.7. The average Bonchev–Trinajstić information content (AvgIpc) is 2.98. The second-order valence-electron chi connectivity index (χ2n) is 13.3. The van der Waals surface area contributed by atoms with Crippen LogP contribution in [0.5, 0.6) is 0 Å². The van der Waals surface area contributed by atoms with E-state index in [0.29, 0.717) is 0 Å². The van der Waals surface area contributed by atoms with Crippen molar-refractivity contribution in [3.8, 4) is 0 Å². The lowest BCUT2D eigenvalue weighted by atomic mass is 11.8. The molecule has 0 rings (SSSR count). The Balaban J connectivity index is -0.0000000689. The maximum absolute atomic E-state index is 10.1. The molecule has 31 heteroatoms. The summed E-state index contributed by atoms with van der Waals surface area (Å²) >= 11 is 0. The van der Waals surface area contributed by atoms with E-state index in [4.69, 9.17) is 73.1 Å². The average molecular weight is 1080 g/mol. The standard InChI is InChI=1S/C11H34O10Si5.C6H20O4Si3.C5H16O7Si2.8CH4/c1-13-25(14-2,15-3)21-26(16-4,17-5)20-24(10,11)19-23(8,9)18-22(6,7)12;1-11(2,7)9-13(5,6)10-12(3,4)8;1-7-13(6,8-2)12-14(9-3,10-4)11-5;;;;;;;;/h12H,1-11H3;7-8H,1-6H3;6H,1-5H3;8*1H4. The van der Waals surface area contributed by atoms with Gasteiger partial charge in [0.15, 0.2) is 0 Å². The predicted octanol–water partition coefficient (Wildman–Crippen LogP) is 6.55. The van der Waals surface area contributed by atoms with Gasteiger partial charge >= 0.3 is 87.6 Å². The van der Waals surface area contributed by atoms with Crippen LogP contribution in [0.3, 0.4) is 0 Å². The van der Waals surface area contributed by atoms with E-state index in [1.54, 1.807) is 39.3 Å². The summed E-state index contributed by atoms with van der Waals surface area (Å²) in [5.41, 5.74) is 0. The molecule has 0 spiro atoms. The largest absolute Gasteiger partial charge is 0.673 e. The summed E-state index contributed by atoms with van der Waals surface area (Å²) in [6.07, 6.45) is 0. The smallest absolute Gasteiger partial charge is 0.416 e. The second-order valence-corrected chi connectivity index (χ2v) is 44.2. The highest BCUT2D eigenvalue weighted by Crippen LogP contribution is 2.27. The molecular formula is C30H102O21Si10. The van der Waals surface area contributed by atoms with Gasteiger partial charge in [-0.25, -0.2) is 0 Å². The fourth-order valence-electron chi connectivity index (χ4n) is 4.26. The number of hydrogen-bond donors (Lipinski definition) is 4. The molecule has 0 unspecified atom stereocenters. The predicted molar refractivity (Wildman–Crippen MR) is 268 cm³/mol. The normalized spacial score (nSPS) is 12.5. The summed E-state index contributed by atoms with van der Waals surface area (Å²) in [6, 6.07) is 0. The Morgan fingerprint density at radius 2 is 0.426 bits per heavy atom. The van der Waals surface area contributed by atoms with Crippen molar-refractivity contribution in [3.63, 3.8) is 0 Å². The summed E-state index contributed by atoms with van der Waals surface area (Å²) in [6.45, 7) is 21.1. The van der Waals surface area contributed by atoms with Gasteiger partial charge in [0.05, 0.1) is 0 Å². The topological polar surface area (TPSA) is 238 Å². The van der Waals surface area contributed by atoms with Gasteiger partial charge in [-0.05, 0) is 78.6 Å². The van der Waals surface area contributed by atoms with Crippen LogP contribution in [-0.2, 0) is 73.1 Å². The van der Waals surface area contributed by atoms with Crippen molar-refractivity contribution < 1.29 is 92.2 Å². The first-order chi connectivity index (χ1) is 23.6. The van der Waals surface area contributed by atoms with Crippen LogP contribution in [0.4, 0.5) is 0 Å². The van der Waals surface area contributed by atoms with E-state index in [2.05, 4.69) is 0 Å². The van der Waals surface area contributed by atoms with Crippen LogP contribution >= 0.6 is 0 Å². The van der Waals surface area contributed by atoms with Gasteiger partial charge in [0.25, 0.3) is 0 Å². The summed E-state index contributed by atoms with van der Waals surface area (Å²) in [5.74, 6) is 0. The molecule has 61 heavy (non-hydrogen) atoms. The molecule has 0 aliphatic rings. The molecule has 388 valence electrons. The Morgan fingerprint density at radius 3 is 0.623 bits per heavy atom. The maximum Gasteiger partial charge on any atom is 0.673 e. The molecule has 0 aromatic carbocycles. The second kappa shape index (κ2) is 36.4. The van der Waals surface area contributed by atoms with Crippen LogP contribution in [0, 0.1) is 0 Å². The third kappa shape index (κ3) is 40.1. The lowest BCUT2D eigenvalue weighted by Gasteiger charge is -2.40. The molecule has 21 nitrogen and oxygen atoms in total. The monoisotopic (exact) mass is 1080 g/mol. The van der Waals surface area contributed by atoms with Crippen LogP contribution < -0.4 is 0 Å². The minimum Gasteiger partial charge on any atom is -0.416 e. The van der Waals surface area contributed by atoms with E-state index in [1.807, 2.05) is 39.3 Å². The molecule has 0 aromatic rings. The highest BCUT2D eigenvalue weighted by molar-refractivity contribution is 6.87. The van der Waals surface area contributed by atoms with E-state index in [9.17, 15) is 19.2 Å². The minimum atomic E-state index is -3.71. The molecule has 0 bridgehead atoms. The molecule has 0 aromatic heterocycles. The molecule has 0 saturated heterocycles. The van der Waals surface area contributed by atoms with Gasteiger partial charge in [-0.1, -0.05) is 59.4 Å². The van der Waals surface area contributed by atoms with Gasteiger partial charge in [0.2, 0.25) is 0 Å². The molecule has 4 N–H and O–H groups in total. The highest BCUT2D eigenvalue weighted by atomic mass is 28.5. The van der Waals surface area contributed by atoms with Gasteiger partial charge in [-0.15, -0.1) is 0 Å². The van der Waals surface area contributed by atoms with Crippen LogP contribution in [0.25, 0.3) is 0 Å². The third-order valence-electron chi connectivity index (χ3n) is 5.37. The summed E-state index contributed by atoms with van der Waals surface area (Å²) in [5, 5.41) is 0. The van der Waals surface area contributed by atoms with Crippen LogP contribution in [0.15, 0.2) is 0 Å². The maximum atomic E-state index is 10.1. The lowest BCUT2D eigenvalue weighted by molar-refractivity contribution is -0.0181. The number of hydrogen-bond acceptors (Lipinski definition) is 21. The fourth-order valence-corrected chi connectivity index (χ4v) is 35.8. The van der Waals surface area contributed by atoms with Crippen molar-refractivity contribution in [2.24, 2.45) is 0 Å². The van der Waals surface area contributed by atoms with E-state index in [1.165, 1.54) is 71.1 Å². The quantitative estimate of drug-likeness (QED) is 0.0750. The Labute approximate surface area is 387 Å². The zero-order valence-corrected chi connectivity index (χ0v) is 45.7. The van der Waals surface area contributed by atoms with E-state index in [-0.39, 0.29) is 59.4 Å². The Morgan fingerprint density at radius 1 is 0.230 bits per heavy atom. The number of rotatable bonds is 24. The van der Waals surface area contributed by atoms with Crippen molar-refractivity contribution in [3.05, 3.63) is 0 Å². The van der Waals surface area contributed by atoms with Crippen molar-refractivity contribution in [2.45, 2.75) is 138 Å². The van der Waals surface area contributed by atoms with Gasteiger partial charge in [0.1, 0.15) is 0 Å². The Bertz CT molecular complexity index is 955. The summed E-state index contributed by atoms with van der Waals surface area (Å²) in [7, 11) is -16.4. The summed E-state index contributed by atoms with van der Waals surface area (Å²) < 4.78 is 90.9. The molecule has 0 atom stereocenters. The SMILES string of the molecule is C.C.C.C.C.C.C.C.CO[Si](O)(OC)O[Si](OC)(OC)OC.CO[Si](OC)(OC)O[Si](OC)(OC)O[Si](C)(C)O[Si](C)(C)O[Si](C)(C)O.C[Si](C)(O)O[Si](C)(C)O[Si](C)(C)O. The summed E-state index contributed by atoms with van der Waals surface area (Å²) in [4.78, 5) is 38.8.